The van der Waals surface area contributed by atoms with Gasteiger partial charge in [-0.1, -0.05) is 12.1 Å². The van der Waals surface area contributed by atoms with Crippen LogP contribution in [0.25, 0.3) is 5.69 Å². The van der Waals surface area contributed by atoms with E-state index in [4.69, 9.17) is 9.47 Å². The van der Waals surface area contributed by atoms with Gasteiger partial charge in [-0.05, 0) is 67.9 Å². The zero-order chi connectivity index (χ0) is 34.8. The zero-order valence-electron chi connectivity index (χ0n) is 27.7. The lowest BCUT2D eigenvalue weighted by Gasteiger charge is -2.37. The van der Waals surface area contributed by atoms with Gasteiger partial charge in [0.2, 0.25) is 5.79 Å². The van der Waals surface area contributed by atoms with Crippen molar-refractivity contribution in [3.8, 4) is 5.69 Å². The summed E-state index contributed by atoms with van der Waals surface area (Å²) in [5, 5.41) is 18.2. The van der Waals surface area contributed by atoms with E-state index < -0.39 is 29.6 Å². The molecular formula is C35H38F2N8O4S. The Balaban J connectivity index is 0.924. The van der Waals surface area contributed by atoms with Crippen LogP contribution >= 0.6 is 11.8 Å². The Morgan fingerprint density at radius 1 is 0.920 bits per heavy atom. The van der Waals surface area contributed by atoms with Crippen molar-refractivity contribution >= 4 is 23.1 Å². The molecule has 12 nitrogen and oxygen atoms in total. The summed E-state index contributed by atoms with van der Waals surface area (Å²) in [6.45, 7) is 7.13. The SMILES string of the molecule is CC(O)C(C)n1ncn(-c2ccc(N3CCN(c4ccc(CSC5COC(Cn6cncn6)(c6ccc(F)cc6F)O5)cc4)CC3)cc2)c1=O. The topological polar surface area (TPSA) is 116 Å². The van der Waals surface area contributed by atoms with Gasteiger partial charge in [0.1, 0.15) is 42.6 Å². The first kappa shape index (κ1) is 33.9. The lowest BCUT2D eigenvalue weighted by molar-refractivity contribution is -0.182. The fraction of sp³-hybridized carbons (Fsp3) is 0.371. The molecule has 7 rings (SSSR count). The van der Waals surface area contributed by atoms with Gasteiger partial charge in [0.15, 0.2) is 0 Å². The Kier molecular flexibility index (Phi) is 9.73. The van der Waals surface area contributed by atoms with Crippen LogP contribution in [0.5, 0.6) is 0 Å². The van der Waals surface area contributed by atoms with E-state index in [1.54, 1.807) is 25.6 Å². The van der Waals surface area contributed by atoms with Gasteiger partial charge < -0.3 is 24.4 Å². The standard InChI is InChI=1S/C35H38F2N8O4S/c1-24(25(2)46)45-34(47)44(23-40-45)30-10-8-29(9-11-30)42-15-13-41(14-16-42)28-6-3-26(4-7-28)19-50-33-18-48-35(49-33,20-43-22-38-21-39-43)31-12-5-27(36)17-32(31)37/h3-12,17,21-25,33,46H,13-16,18-20H2,1-2H3. The maximum Gasteiger partial charge on any atom is 0.350 e. The van der Waals surface area contributed by atoms with Gasteiger partial charge in [-0.3, -0.25) is 0 Å². The van der Waals surface area contributed by atoms with Crippen molar-refractivity contribution in [2.24, 2.45) is 0 Å². The fourth-order valence-corrected chi connectivity index (χ4v) is 7.18. The Morgan fingerprint density at radius 2 is 1.58 bits per heavy atom. The van der Waals surface area contributed by atoms with Crippen molar-refractivity contribution in [3.05, 3.63) is 119 Å². The highest BCUT2D eigenvalue weighted by molar-refractivity contribution is 7.99. The highest BCUT2D eigenvalue weighted by Gasteiger charge is 2.46. The minimum Gasteiger partial charge on any atom is -0.391 e. The maximum atomic E-state index is 14.9. The van der Waals surface area contributed by atoms with Crippen LogP contribution in [0.3, 0.4) is 0 Å². The van der Waals surface area contributed by atoms with Crippen molar-refractivity contribution in [2.45, 2.75) is 49.5 Å². The average Bonchev–Trinajstić information content (AvgIpc) is 3.88. The number of piperazine rings is 1. The van der Waals surface area contributed by atoms with Gasteiger partial charge in [-0.2, -0.15) is 10.2 Å². The average molecular weight is 705 g/mol. The normalized spacial score (nSPS) is 20.7. The first-order valence-electron chi connectivity index (χ1n) is 16.4. The Morgan fingerprint density at radius 3 is 2.20 bits per heavy atom. The number of rotatable bonds is 11. The quantitative estimate of drug-likeness (QED) is 0.213. The number of hydrogen-bond donors (Lipinski definition) is 1. The van der Waals surface area contributed by atoms with Crippen molar-refractivity contribution in [1.29, 1.82) is 0 Å². The zero-order valence-corrected chi connectivity index (χ0v) is 28.5. The summed E-state index contributed by atoms with van der Waals surface area (Å²) in [4.78, 5) is 21.5. The molecule has 5 aromatic rings. The number of thioether (sulfide) groups is 1. The van der Waals surface area contributed by atoms with Gasteiger partial charge >= 0.3 is 5.69 Å². The van der Waals surface area contributed by atoms with E-state index in [0.717, 1.165) is 54.9 Å². The van der Waals surface area contributed by atoms with E-state index in [1.807, 2.05) is 24.3 Å². The number of aliphatic hydroxyl groups is 1. The number of ether oxygens (including phenoxy) is 2. The van der Waals surface area contributed by atoms with Crippen LogP contribution < -0.4 is 15.5 Å². The molecule has 15 heteroatoms. The Hall–Kier alpha value is -4.57. The van der Waals surface area contributed by atoms with E-state index in [-0.39, 0.29) is 29.8 Å². The van der Waals surface area contributed by atoms with Gasteiger partial charge in [-0.25, -0.2) is 32.5 Å². The number of hydrogen-bond acceptors (Lipinski definition) is 10. The van der Waals surface area contributed by atoms with Crippen LogP contribution in [-0.4, -0.2) is 78.5 Å². The molecule has 0 bridgehead atoms. The van der Waals surface area contributed by atoms with E-state index in [9.17, 15) is 18.7 Å². The first-order chi connectivity index (χ1) is 24.2. The van der Waals surface area contributed by atoms with Gasteiger partial charge in [0, 0.05) is 54.9 Å². The molecule has 0 radical (unpaired) electrons. The molecule has 0 amide bonds. The van der Waals surface area contributed by atoms with Gasteiger partial charge in [-0.15, -0.1) is 11.8 Å². The van der Waals surface area contributed by atoms with Crippen molar-refractivity contribution in [3.63, 3.8) is 0 Å². The first-order valence-corrected chi connectivity index (χ1v) is 17.5. The molecule has 3 aromatic carbocycles. The summed E-state index contributed by atoms with van der Waals surface area (Å²) in [5.41, 5.74) is 3.53. The van der Waals surface area contributed by atoms with Gasteiger partial charge in [0.05, 0.1) is 24.4 Å². The summed E-state index contributed by atoms with van der Waals surface area (Å²) < 4.78 is 45.3. The minimum atomic E-state index is -1.46. The number of anilines is 2. The number of aromatic nitrogens is 6. The monoisotopic (exact) mass is 704 g/mol. The van der Waals surface area contributed by atoms with Gasteiger partial charge in [0.25, 0.3) is 0 Å². The van der Waals surface area contributed by atoms with E-state index in [1.165, 1.54) is 45.0 Å². The molecule has 1 N–H and O–H groups in total. The second-order valence-corrected chi connectivity index (χ2v) is 13.7. The number of aliphatic hydroxyl groups excluding tert-OH is 1. The Bertz CT molecular complexity index is 1950. The summed E-state index contributed by atoms with van der Waals surface area (Å²) in [6.07, 6.45) is 3.68. The third kappa shape index (κ3) is 7.03. The summed E-state index contributed by atoms with van der Waals surface area (Å²) in [7, 11) is 0. The molecule has 262 valence electrons. The smallest absolute Gasteiger partial charge is 0.350 e. The lowest BCUT2D eigenvalue weighted by Crippen LogP contribution is -2.46. The second kappa shape index (κ2) is 14.3. The van der Waals surface area contributed by atoms with Crippen molar-refractivity contribution < 1.29 is 23.4 Å². The minimum absolute atomic E-state index is 0.0681. The molecule has 2 aliphatic rings. The molecule has 2 aromatic heterocycles. The fourth-order valence-electron chi connectivity index (χ4n) is 6.22. The van der Waals surface area contributed by atoms with Crippen LogP contribution in [0.4, 0.5) is 20.2 Å². The van der Waals surface area contributed by atoms with Crippen LogP contribution in [-0.2, 0) is 27.6 Å². The molecule has 0 saturated carbocycles. The number of nitrogens with zero attached hydrogens (tertiary/aromatic N) is 8. The van der Waals surface area contributed by atoms with E-state index >= 15 is 0 Å². The van der Waals surface area contributed by atoms with Crippen LogP contribution in [0.15, 0.2) is 90.5 Å². The lowest BCUT2D eigenvalue weighted by atomic mass is 10.0. The van der Waals surface area contributed by atoms with Crippen molar-refractivity contribution in [2.75, 3.05) is 42.6 Å². The summed E-state index contributed by atoms with van der Waals surface area (Å²) in [6, 6.07) is 19.3. The summed E-state index contributed by atoms with van der Waals surface area (Å²) in [5.74, 6) is -2.21. The maximum absolute atomic E-state index is 14.9. The molecule has 2 aliphatic heterocycles. The molecular weight excluding hydrogens is 667 g/mol. The number of halogens is 2. The highest BCUT2D eigenvalue weighted by atomic mass is 32.2. The van der Waals surface area contributed by atoms with E-state index in [2.05, 4.69) is 49.2 Å². The molecule has 4 atom stereocenters. The van der Waals surface area contributed by atoms with Crippen LogP contribution in [0.2, 0.25) is 0 Å². The Labute approximate surface area is 291 Å². The largest absolute Gasteiger partial charge is 0.391 e. The summed E-state index contributed by atoms with van der Waals surface area (Å²) >= 11 is 1.56. The molecule has 4 unspecified atom stereocenters. The number of benzene rings is 3. The molecule has 2 saturated heterocycles. The predicted molar refractivity (Wildman–Crippen MR) is 185 cm³/mol. The highest BCUT2D eigenvalue weighted by Crippen LogP contribution is 2.41. The second-order valence-electron chi connectivity index (χ2n) is 12.5. The van der Waals surface area contributed by atoms with E-state index in [0.29, 0.717) is 5.75 Å². The van der Waals surface area contributed by atoms with Crippen LogP contribution in [0.1, 0.15) is 31.0 Å². The molecule has 4 heterocycles. The van der Waals surface area contributed by atoms with Crippen molar-refractivity contribution in [1.82, 2.24) is 29.1 Å². The third-order valence-corrected chi connectivity index (χ3v) is 10.3. The third-order valence-electron chi connectivity index (χ3n) is 9.24. The molecule has 2 fully saturated rings. The molecule has 50 heavy (non-hydrogen) atoms. The predicted octanol–water partition coefficient (Wildman–Crippen LogP) is 4.33. The van der Waals surface area contributed by atoms with Crippen LogP contribution in [0, 0.1) is 11.6 Å². The molecule has 0 aliphatic carbocycles. The molecule has 0 spiro atoms.